The van der Waals surface area contributed by atoms with Gasteiger partial charge in [0.1, 0.15) is 22.6 Å². The lowest BCUT2D eigenvalue weighted by molar-refractivity contribution is -0.122. The molecule has 2 aromatic carbocycles. The largest absolute Gasteiger partial charge is 0.368 e. The first-order chi connectivity index (χ1) is 12.9. The maximum atomic E-state index is 13.5. The number of rotatable bonds is 5. The van der Waals surface area contributed by atoms with Crippen molar-refractivity contribution in [3.8, 4) is 10.6 Å². The molecule has 0 fully saturated rings. The minimum Gasteiger partial charge on any atom is -0.368 e. The van der Waals surface area contributed by atoms with E-state index in [2.05, 4.69) is 4.98 Å². The van der Waals surface area contributed by atoms with Crippen LogP contribution in [0, 0.1) is 5.82 Å². The van der Waals surface area contributed by atoms with Crippen molar-refractivity contribution in [2.45, 2.75) is 6.04 Å². The lowest BCUT2D eigenvalue weighted by Gasteiger charge is -2.25. The van der Waals surface area contributed by atoms with Crippen molar-refractivity contribution >= 4 is 34.8 Å². The molecule has 8 heteroatoms. The van der Waals surface area contributed by atoms with Gasteiger partial charge in [0, 0.05) is 23.0 Å². The maximum absolute atomic E-state index is 13.5. The van der Waals surface area contributed by atoms with E-state index in [1.54, 1.807) is 35.7 Å². The fourth-order valence-electron chi connectivity index (χ4n) is 2.65. The monoisotopic (exact) mass is 403 g/mol. The third-order valence-corrected chi connectivity index (χ3v) is 5.10. The molecule has 2 N–H and O–H groups in total. The molecule has 1 heterocycles. The highest BCUT2D eigenvalue weighted by Gasteiger charge is 2.29. The van der Waals surface area contributed by atoms with Gasteiger partial charge in [0.15, 0.2) is 0 Å². The third-order valence-electron chi connectivity index (χ3n) is 3.96. The highest BCUT2D eigenvalue weighted by atomic mass is 35.5. The molecule has 2 amide bonds. The number of thiazole rings is 1. The van der Waals surface area contributed by atoms with Gasteiger partial charge in [0.2, 0.25) is 5.91 Å². The first kappa shape index (κ1) is 19.0. The van der Waals surface area contributed by atoms with Gasteiger partial charge in [-0.25, -0.2) is 9.37 Å². The van der Waals surface area contributed by atoms with Crippen LogP contribution in [-0.2, 0) is 4.79 Å². The number of benzene rings is 2. The SMILES string of the molecule is CN(C(=O)c1csc(-c2ccc(Cl)cc2)n1)C(C(N)=O)c1cccc(F)c1. The molecule has 3 aromatic rings. The summed E-state index contributed by atoms with van der Waals surface area (Å²) >= 11 is 7.18. The minimum atomic E-state index is -1.10. The molecule has 0 saturated heterocycles. The van der Waals surface area contributed by atoms with E-state index in [0.29, 0.717) is 15.6 Å². The Labute approximate surface area is 164 Å². The van der Waals surface area contributed by atoms with Crippen molar-refractivity contribution in [1.29, 1.82) is 0 Å². The van der Waals surface area contributed by atoms with Crippen LogP contribution in [0.15, 0.2) is 53.9 Å². The third kappa shape index (κ3) is 4.15. The summed E-state index contributed by atoms with van der Waals surface area (Å²) in [6.07, 6.45) is 0. The van der Waals surface area contributed by atoms with E-state index in [-0.39, 0.29) is 5.69 Å². The smallest absolute Gasteiger partial charge is 0.274 e. The van der Waals surface area contributed by atoms with E-state index in [1.165, 1.54) is 36.6 Å². The molecule has 0 spiro atoms. The molecule has 27 heavy (non-hydrogen) atoms. The van der Waals surface area contributed by atoms with Crippen LogP contribution < -0.4 is 5.73 Å². The molecule has 1 aromatic heterocycles. The first-order valence-corrected chi connectivity index (χ1v) is 9.16. The van der Waals surface area contributed by atoms with E-state index < -0.39 is 23.7 Å². The number of hydrogen-bond acceptors (Lipinski definition) is 4. The van der Waals surface area contributed by atoms with Gasteiger partial charge in [0.05, 0.1) is 0 Å². The van der Waals surface area contributed by atoms with Crippen molar-refractivity contribution in [3.05, 3.63) is 76.0 Å². The van der Waals surface area contributed by atoms with Crippen molar-refractivity contribution < 1.29 is 14.0 Å². The Morgan fingerprint density at radius 1 is 1.22 bits per heavy atom. The topological polar surface area (TPSA) is 76.3 Å². The molecule has 0 aliphatic carbocycles. The number of aromatic nitrogens is 1. The lowest BCUT2D eigenvalue weighted by atomic mass is 10.0. The number of nitrogens with two attached hydrogens (primary N) is 1. The van der Waals surface area contributed by atoms with Crippen LogP contribution in [0.1, 0.15) is 22.1 Å². The van der Waals surface area contributed by atoms with Gasteiger partial charge in [-0.2, -0.15) is 0 Å². The van der Waals surface area contributed by atoms with Gasteiger partial charge in [-0.05, 0) is 29.8 Å². The molecule has 138 valence electrons. The van der Waals surface area contributed by atoms with E-state index in [0.717, 1.165) is 10.5 Å². The second-order valence-corrected chi connectivity index (χ2v) is 7.12. The number of carbonyl (C=O) groups is 2. The highest BCUT2D eigenvalue weighted by molar-refractivity contribution is 7.13. The normalized spacial score (nSPS) is 11.8. The summed E-state index contributed by atoms with van der Waals surface area (Å²) in [5.74, 6) is -1.76. The Kier molecular flexibility index (Phi) is 5.53. The Morgan fingerprint density at radius 2 is 1.93 bits per heavy atom. The lowest BCUT2D eigenvalue weighted by Crippen LogP contribution is -2.39. The molecule has 0 aliphatic heterocycles. The number of nitrogens with zero attached hydrogens (tertiary/aromatic N) is 2. The average Bonchev–Trinajstić information content (AvgIpc) is 3.11. The Morgan fingerprint density at radius 3 is 2.56 bits per heavy atom. The van der Waals surface area contributed by atoms with Crippen LogP contribution in [0.25, 0.3) is 10.6 Å². The molecule has 0 radical (unpaired) electrons. The summed E-state index contributed by atoms with van der Waals surface area (Å²) < 4.78 is 13.5. The van der Waals surface area contributed by atoms with Crippen LogP contribution in [0.4, 0.5) is 4.39 Å². The summed E-state index contributed by atoms with van der Waals surface area (Å²) in [6.45, 7) is 0. The second-order valence-electron chi connectivity index (χ2n) is 5.82. The molecule has 0 aliphatic rings. The quantitative estimate of drug-likeness (QED) is 0.701. The summed E-state index contributed by atoms with van der Waals surface area (Å²) in [6, 6.07) is 11.4. The number of primary amides is 1. The minimum absolute atomic E-state index is 0.176. The van der Waals surface area contributed by atoms with Crippen LogP contribution in [0.2, 0.25) is 5.02 Å². The highest BCUT2D eigenvalue weighted by Crippen LogP contribution is 2.27. The Bertz CT molecular complexity index is 991. The number of likely N-dealkylation sites (N-methyl/N-ethyl adjacent to an activating group) is 1. The van der Waals surface area contributed by atoms with E-state index in [1.807, 2.05) is 0 Å². The van der Waals surface area contributed by atoms with Crippen molar-refractivity contribution in [1.82, 2.24) is 9.88 Å². The molecule has 0 bridgehead atoms. The van der Waals surface area contributed by atoms with Crippen LogP contribution in [0.3, 0.4) is 0 Å². The molecule has 5 nitrogen and oxygen atoms in total. The molecule has 0 saturated carbocycles. The predicted octanol–water partition coefficient (Wildman–Crippen LogP) is 3.90. The first-order valence-electron chi connectivity index (χ1n) is 7.90. The number of hydrogen-bond donors (Lipinski definition) is 1. The molecular weight excluding hydrogens is 389 g/mol. The molecule has 1 unspecified atom stereocenters. The van der Waals surface area contributed by atoms with Gasteiger partial charge in [0.25, 0.3) is 5.91 Å². The Hall–Kier alpha value is -2.77. The number of halogens is 2. The molecule has 1 atom stereocenters. The van der Waals surface area contributed by atoms with Crippen molar-refractivity contribution in [2.24, 2.45) is 5.73 Å². The fraction of sp³-hybridized carbons (Fsp3) is 0.105. The summed E-state index contributed by atoms with van der Waals surface area (Å²) in [4.78, 5) is 30.2. The second kappa shape index (κ2) is 7.85. The zero-order valence-electron chi connectivity index (χ0n) is 14.2. The van der Waals surface area contributed by atoms with E-state index >= 15 is 0 Å². The maximum Gasteiger partial charge on any atom is 0.274 e. The van der Waals surface area contributed by atoms with Crippen LogP contribution in [0.5, 0.6) is 0 Å². The van der Waals surface area contributed by atoms with Crippen molar-refractivity contribution in [3.63, 3.8) is 0 Å². The van der Waals surface area contributed by atoms with Gasteiger partial charge < -0.3 is 10.6 Å². The standard InChI is InChI=1S/C19H15ClFN3O2S/c1-24(16(17(22)25)12-3-2-4-14(21)9-12)19(26)15-10-27-18(23-15)11-5-7-13(20)8-6-11/h2-10,16H,1H3,(H2,22,25). The average molecular weight is 404 g/mol. The summed E-state index contributed by atoms with van der Waals surface area (Å²) in [5.41, 5.74) is 6.76. The molecular formula is C19H15ClFN3O2S. The van der Waals surface area contributed by atoms with Gasteiger partial charge in [-0.15, -0.1) is 11.3 Å². The summed E-state index contributed by atoms with van der Waals surface area (Å²) in [7, 11) is 1.43. The molecule has 3 rings (SSSR count). The fourth-order valence-corrected chi connectivity index (χ4v) is 3.58. The van der Waals surface area contributed by atoms with Crippen molar-refractivity contribution in [2.75, 3.05) is 7.05 Å². The van der Waals surface area contributed by atoms with E-state index in [9.17, 15) is 14.0 Å². The van der Waals surface area contributed by atoms with Crippen LogP contribution >= 0.6 is 22.9 Å². The van der Waals surface area contributed by atoms with Crippen LogP contribution in [-0.4, -0.2) is 28.7 Å². The number of amides is 2. The Balaban J connectivity index is 1.87. The van der Waals surface area contributed by atoms with E-state index in [4.69, 9.17) is 17.3 Å². The number of carbonyl (C=O) groups excluding carboxylic acids is 2. The van der Waals surface area contributed by atoms with Gasteiger partial charge in [-0.1, -0.05) is 35.9 Å². The zero-order valence-corrected chi connectivity index (χ0v) is 15.8. The summed E-state index contributed by atoms with van der Waals surface area (Å²) in [5, 5.41) is 2.85. The van der Waals surface area contributed by atoms with Gasteiger partial charge in [-0.3, -0.25) is 9.59 Å². The predicted molar refractivity (Wildman–Crippen MR) is 103 cm³/mol. The zero-order chi connectivity index (χ0) is 19.6. The van der Waals surface area contributed by atoms with Gasteiger partial charge >= 0.3 is 0 Å².